The van der Waals surface area contributed by atoms with Crippen LogP contribution in [0, 0.1) is 5.92 Å². The molecule has 0 saturated carbocycles. The highest BCUT2D eigenvalue weighted by Crippen LogP contribution is 2.34. The Morgan fingerprint density at radius 3 is 2.90 bits per heavy atom. The van der Waals surface area contributed by atoms with Crippen molar-refractivity contribution in [3.8, 4) is 11.5 Å². The van der Waals surface area contributed by atoms with E-state index >= 15 is 0 Å². The maximum absolute atomic E-state index is 12.1. The van der Waals surface area contributed by atoms with Gasteiger partial charge < -0.3 is 19.7 Å². The summed E-state index contributed by atoms with van der Waals surface area (Å²) < 4.78 is 10.4. The number of carbonyl (C=O) groups excluding carboxylic acids is 2. The predicted octanol–water partition coefficient (Wildman–Crippen LogP) is 1.61. The van der Waals surface area contributed by atoms with Gasteiger partial charge in [0, 0.05) is 24.8 Å². The quantitative estimate of drug-likeness (QED) is 0.798. The Labute approximate surface area is 123 Å². The molecule has 0 bridgehead atoms. The van der Waals surface area contributed by atoms with Crippen molar-refractivity contribution in [1.29, 1.82) is 0 Å². The normalized spacial score (nSPS) is 20.2. The molecule has 112 valence electrons. The summed E-state index contributed by atoms with van der Waals surface area (Å²) in [4.78, 5) is 25.8. The number of likely N-dealkylation sites (tertiary alicyclic amines) is 1. The van der Waals surface area contributed by atoms with Crippen molar-refractivity contribution in [1.82, 2.24) is 4.90 Å². The van der Waals surface area contributed by atoms with Gasteiger partial charge in [-0.1, -0.05) is 6.92 Å². The molecular formula is C15H18N2O4. The average molecular weight is 290 g/mol. The third kappa shape index (κ3) is 2.94. The zero-order chi connectivity index (χ0) is 14.8. The molecule has 0 aliphatic carbocycles. The smallest absolute Gasteiger partial charge is 0.313 e. The molecular weight excluding hydrogens is 272 g/mol. The van der Waals surface area contributed by atoms with E-state index in [0.29, 0.717) is 36.2 Å². The van der Waals surface area contributed by atoms with Crippen LogP contribution in [0.1, 0.15) is 19.8 Å². The topological polar surface area (TPSA) is 67.9 Å². The van der Waals surface area contributed by atoms with Gasteiger partial charge in [0.1, 0.15) is 0 Å². The highest BCUT2D eigenvalue weighted by Gasteiger charge is 2.26. The van der Waals surface area contributed by atoms with Crippen molar-refractivity contribution < 1.29 is 19.1 Å². The number of hydrogen-bond donors (Lipinski definition) is 1. The van der Waals surface area contributed by atoms with E-state index in [9.17, 15) is 9.59 Å². The number of fused-ring (bicyclic) bond motifs is 1. The van der Waals surface area contributed by atoms with Crippen molar-refractivity contribution in [2.75, 3.05) is 25.2 Å². The van der Waals surface area contributed by atoms with Crippen molar-refractivity contribution in [3.05, 3.63) is 18.2 Å². The van der Waals surface area contributed by atoms with Gasteiger partial charge in [0.15, 0.2) is 11.5 Å². The lowest BCUT2D eigenvalue weighted by molar-refractivity contribution is -0.144. The van der Waals surface area contributed by atoms with Crippen LogP contribution in [0.4, 0.5) is 5.69 Å². The molecule has 21 heavy (non-hydrogen) atoms. The molecule has 1 saturated heterocycles. The van der Waals surface area contributed by atoms with Gasteiger partial charge in [0.2, 0.25) is 6.79 Å². The Balaban J connectivity index is 1.64. The summed E-state index contributed by atoms with van der Waals surface area (Å²) in [6.45, 7) is 3.57. The molecule has 2 amide bonds. The molecule has 2 aliphatic heterocycles. The fraction of sp³-hybridized carbons (Fsp3) is 0.467. The van der Waals surface area contributed by atoms with E-state index in [2.05, 4.69) is 12.2 Å². The second kappa shape index (κ2) is 5.63. The Hall–Kier alpha value is -2.24. The molecule has 0 aromatic heterocycles. The van der Waals surface area contributed by atoms with Crippen LogP contribution in [-0.2, 0) is 9.59 Å². The molecule has 0 radical (unpaired) electrons. The third-order valence-corrected chi connectivity index (χ3v) is 3.77. The summed E-state index contributed by atoms with van der Waals surface area (Å²) in [6, 6.07) is 5.06. The first-order chi connectivity index (χ1) is 10.1. The minimum Gasteiger partial charge on any atom is -0.454 e. The summed E-state index contributed by atoms with van der Waals surface area (Å²) >= 11 is 0. The molecule has 1 atom stereocenters. The fourth-order valence-electron chi connectivity index (χ4n) is 2.68. The standard InChI is InChI=1S/C15H18N2O4/c1-10-3-2-6-17(8-10)15(19)14(18)16-11-4-5-12-13(7-11)21-9-20-12/h4-5,7,10H,2-3,6,8-9H2,1H3,(H,16,18). The zero-order valence-electron chi connectivity index (χ0n) is 11.9. The first-order valence-corrected chi connectivity index (χ1v) is 7.13. The lowest BCUT2D eigenvalue weighted by Crippen LogP contribution is -2.44. The fourth-order valence-corrected chi connectivity index (χ4v) is 2.68. The molecule has 1 aromatic carbocycles. The molecule has 1 aromatic rings. The molecule has 0 spiro atoms. The van der Waals surface area contributed by atoms with Gasteiger partial charge in [0.25, 0.3) is 0 Å². The van der Waals surface area contributed by atoms with E-state index in [1.807, 2.05) is 0 Å². The monoisotopic (exact) mass is 290 g/mol. The average Bonchev–Trinajstić information content (AvgIpc) is 2.94. The molecule has 1 fully saturated rings. The second-order valence-corrected chi connectivity index (χ2v) is 5.52. The molecule has 2 aliphatic rings. The molecule has 6 nitrogen and oxygen atoms in total. The predicted molar refractivity (Wildman–Crippen MR) is 76.2 cm³/mol. The van der Waals surface area contributed by atoms with Crippen molar-refractivity contribution in [2.24, 2.45) is 5.92 Å². The van der Waals surface area contributed by atoms with Crippen LogP contribution in [0.15, 0.2) is 18.2 Å². The van der Waals surface area contributed by atoms with Crippen LogP contribution >= 0.6 is 0 Å². The van der Waals surface area contributed by atoms with Crippen LogP contribution < -0.4 is 14.8 Å². The van der Waals surface area contributed by atoms with E-state index in [1.54, 1.807) is 23.1 Å². The number of carbonyl (C=O) groups is 2. The number of nitrogens with one attached hydrogen (secondary N) is 1. The second-order valence-electron chi connectivity index (χ2n) is 5.52. The number of anilines is 1. The SMILES string of the molecule is CC1CCCN(C(=O)C(=O)Nc2ccc3c(c2)OCO3)C1. The van der Waals surface area contributed by atoms with Crippen molar-refractivity contribution >= 4 is 17.5 Å². The van der Waals surface area contributed by atoms with Gasteiger partial charge >= 0.3 is 11.8 Å². The number of amides is 2. The van der Waals surface area contributed by atoms with Crippen molar-refractivity contribution in [2.45, 2.75) is 19.8 Å². The summed E-state index contributed by atoms with van der Waals surface area (Å²) in [7, 11) is 0. The maximum atomic E-state index is 12.1. The van der Waals surface area contributed by atoms with Crippen LogP contribution in [0.2, 0.25) is 0 Å². The van der Waals surface area contributed by atoms with E-state index in [0.717, 1.165) is 12.8 Å². The Kier molecular flexibility index (Phi) is 3.68. The van der Waals surface area contributed by atoms with Crippen LogP contribution in [0.3, 0.4) is 0 Å². The molecule has 1 unspecified atom stereocenters. The van der Waals surface area contributed by atoms with Crippen LogP contribution in [-0.4, -0.2) is 36.6 Å². The summed E-state index contributed by atoms with van der Waals surface area (Å²) in [6.07, 6.45) is 2.05. The van der Waals surface area contributed by atoms with E-state index in [4.69, 9.17) is 9.47 Å². The van der Waals surface area contributed by atoms with Crippen molar-refractivity contribution in [3.63, 3.8) is 0 Å². The van der Waals surface area contributed by atoms with Gasteiger partial charge in [-0.15, -0.1) is 0 Å². The molecule has 6 heteroatoms. The van der Waals surface area contributed by atoms with E-state index < -0.39 is 11.8 Å². The summed E-state index contributed by atoms with van der Waals surface area (Å²) in [5.74, 6) is 0.583. The Bertz CT molecular complexity index is 573. The summed E-state index contributed by atoms with van der Waals surface area (Å²) in [5, 5.41) is 2.62. The highest BCUT2D eigenvalue weighted by molar-refractivity contribution is 6.39. The van der Waals surface area contributed by atoms with Crippen LogP contribution in [0.5, 0.6) is 11.5 Å². The minimum absolute atomic E-state index is 0.178. The first kappa shape index (κ1) is 13.7. The zero-order valence-corrected chi connectivity index (χ0v) is 11.9. The van der Waals surface area contributed by atoms with E-state index in [-0.39, 0.29) is 6.79 Å². The van der Waals surface area contributed by atoms with Crippen LogP contribution in [0.25, 0.3) is 0 Å². The van der Waals surface area contributed by atoms with E-state index in [1.165, 1.54) is 0 Å². The highest BCUT2D eigenvalue weighted by atomic mass is 16.7. The number of nitrogens with zero attached hydrogens (tertiary/aromatic N) is 1. The number of piperidine rings is 1. The largest absolute Gasteiger partial charge is 0.454 e. The van der Waals surface area contributed by atoms with Gasteiger partial charge in [-0.05, 0) is 30.9 Å². The third-order valence-electron chi connectivity index (χ3n) is 3.77. The number of rotatable bonds is 1. The number of ether oxygens (including phenoxy) is 2. The summed E-state index contributed by atoms with van der Waals surface area (Å²) in [5.41, 5.74) is 0.530. The minimum atomic E-state index is -0.608. The number of benzene rings is 1. The van der Waals surface area contributed by atoms with Gasteiger partial charge in [-0.3, -0.25) is 9.59 Å². The molecule has 1 N–H and O–H groups in total. The first-order valence-electron chi connectivity index (χ1n) is 7.13. The van der Waals surface area contributed by atoms with Gasteiger partial charge in [0.05, 0.1) is 0 Å². The Morgan fingerprint density at radius 1 is 1.29 bits per heavy atom. The lowest BCUT2D eigenvalue weighted by Gasteiger charge is -2.30. The Morgan fingerprint density at radius 2 is 2.10 bits per heavy atom. The number of hydrogen-bond acceptors (Lipinski definition) is 4. The van der Waals surface area contributed by atoms with Gasteiger partial charge in [-0.25, -0.2) is 0 Å². The van der Waals surface area contributed by atoms with Gasteiger partial charge in [-0.2, -0.15) is 0 Å². The molecule has 3 rings (SSSR count). The lowest BCUT2D eigenvalue weighted by atomic mass is 10.0. The maximum Gasteiger partial charge on any atom is 0.313 e. The molecule has 2 heterocycles.